The van der Waals surface area contributed by atoms with Crippen molar-refractivity contribution < 1.29 is 18.4 Å². The molecule has 146 valence electrons. The molecule has 0 amide bonds. The topological polar surface area (TPSA) is 60.2 Å². The minimum Gasteiger partial charge on any atom is -0.399 e. The van der Waals surface area contributed by atoms with Crippen molar-refractivity contribution in [2.24, 2.45) is 0 Å². The average Bonchev–Trinajstić information content (AvgIpc) is 2.62. The summed E-state index contributed by atoms with van der Waals surface area (Å²) < 4.78 is 25.0. The van der Waals surface area contributed by atoms with Crippen LogP contribution in [0.4, 0.5) is 14.5 Å². The standard InChI is InChI=1S/C15H19FO2.C7H8FN/c1-12(17)6-4-2-3-5-7-15(18)13-8-10-14(16)11-9-13;1-5-4-6(8)2-3-7(5)9/h8-11H,2-7H2,1H3;2-4H,9H2,1H3. The molecule has 0 saturated carbocycles. The Morgan fingerprint density at radius 2 is 1.41 bits per heavy atom. The van der Waals surface area contributed by atoms with Crippen molar-refractivity contribution in [3.63, 3.8) is 0 Å². The average molecular weight is 375 g/mol. The minimum atomic E-state index is -0.323. The summed E-state index contributed by atoms with van der Waals surface area (Å²) in [4.78, 5) is 22.4. The third-order valence-corrected chi connectivity index (χ3v) is 4.08. The highest BCUT2D eigenvalue weighted by molar-refractivity contribution is 5.95. The van der Waals surface area contributed by atoms with Crippen molar-refractivity contribution in [2.45, 2.75) is 52.4 Å². The van der Waals surface area contributed by atoms with Crippen molar-refractivity contribution >= 4 is 17.3 Å². The Balaban J connectivity index is 0.000000337. The lowest BCUT2D eigenvalue weighted by atomic mass is 10.0. The number of anilines is 1. The first kappa shape index (κ1) is 22.5. The number of Topliss-reactive ketones (excluding diaryl/α,β-unsaturated/α-hetero) is 2. The number of carbonyl (C=O) groups excluding carboxylic acids is 2. The Morgan fingerprint density at radius 1 is 0.852 bits per heavy atom. The van der Waals surface area contributed by atoms with E-state index >= 15 is 0 Å². The predicted molar refractivity (Wildman–Crippen MR) is 105 cm³/mol. The van der Waals surface area contributed by atoms with Crippen molar-refractivity contribution in [3.05, 3.63) is 65.2 Å². The largest absolute Gasteiger partial charge is 0.399 e. The van der Waals surface area contributed by atoms with Gasteiger partial charge in [-0.05, 0) is 74.7 Å². The van der Waals surface area contributed by atoms with Gasteiger partial charge in [-0.1, -0.05) is 12.8 Å². The zero-order valence-corrected chi connectivity index (χ0v) is 15.9. The van der Waals surface area contributed by atoms with Gasteiger partial charge in [0.2, 0.25) is 0 Å². The van der Waals surface area contributed by atoms with Crippen LogP contribution in [0.3, 0.4) is 0 Å². The maximum Gasteiger partial charge on any atom is 0.162 e. The van der Waals surface area contributed by atoms with E-state index in [0.717, 1.165) is 31.2 Å². The van der Waals surface area contributed by atoms with E-state index in [9.17, 15) is 18.4 Å². The number of benzene rings is 2. The highest BCUT2D eigenvalue weighted by atomic mass is 19.1. The molecule has 2 aromatic carbocycles. The summed E-state index contributed by atoms with van der Waals surface area (Å²) in [5.41, 5.74) is 7.41. The smallest absolute Gasteiger partial charge is 0.162 e. The molecule has 0 fully saturated rings. The number of unbranched alkanes of at least 4 members (excludes halogenated alkanes) is 3. The first-order valence-corrected chi connectivity index (χ1v) is 9.09. The van der Waals surface area contributed by atoms with Crippen molar-refractivity contribution in [1.82, 2.24) is 0 Å². The maximum absolute atomic E-state index is 12.7. The number of ketones is 2. The van der Waals surface area contributed by atoms with Crippen LogP contribution < -0.4 is 5.73 Å². The summed E-state index contributed by atoms with van der Waals surface area (Å²) in [6.45, 7) is 3.37. The number of aryl methyl sites for hydroxylation is 1. The van der Waals surface area contributed by atoms with E-state index in [0.29, 0.717) is 24.1 Å². The number of rotatable bonds is 8. The van der Waals surface area contributed by atoms with E-state index < -0.39 is 0 Å². The van der Waals surface area contributed by atoms with E-state index in [4.69, 9.17) is 5.73 Å². The molecule has 0 aliphatic carbocycles. The number of hydrogen-bond donors (Lipinski definition) is 1. The molecule has 5 heteroatoms. The van der Waals surface area contributed by atoms with Gasteiger partial charge in [-0.15, -0.1) is 0 Å². The SMILES string of the molecule is CC(=O)CCCCCCC(=O)c1ccc(F)cc1.Cc1cc(F)ccc1N. The second-order valence-electron chi connectivity index (χ2n) is 6.55. The quantitative estimate of drug-likeness (QED) is 0.368. The van der Waals surface area contributed by atoms with Gasteiger partial charge in [0.1, 0.15) is 17.4 Å². The van der Waals surface area contributed by atoms with Crippen molar-refractivity contribution in [1.29, 1.82) is 0 Å². The number of nitrogen functional groups attached to an aromatic ring is 1. The van der Waals surface area contributed by atoms with Gasteiger partial charge in [-0.25, -0.2) is 8.78 Å². The molecule has 27 heavy (non-hydrogen) atoms. The number of carbonyl (C=O) groups is 2. The number of nitrogens with two attached hydrogens (primary N) is 1. The summed E-state index contributed by atoms with van der Waals surface area (Å²) in [7, 11) is 0. The lowest BCUT2D eigenvalue weighted by Crippen LogP contribution is -1.99. The van der Waals surface area contributed by atoms with Crippen LogP contribution >= 0.6 is 0 Å². The van der Waals surface area contributed by atoms with Crippen LogP contribution in [-0.4, -0.2) is 11.6 Å². The minimum absolute atomic E-state index is 0.0570. The Labute approximate surface area is 159 Å². The van der Waals surface area contributed by atoms with Crippen LogP contribution in [-0.2, 0) is 4.79 Å². The maximum atomic E-state index is 12.7. The van der Waals surface area contributed by atoms with Gasteiger partial charge in [-0.3, -0.25) is 4.79 Å². The van der Waals surface area contributed by atoms with Gasteiger partial charge >= 0.3 is 0 Å². The van der Waals surface area contributed by atoms with Crippen LogP contribution in [0.2, 0.25) is 0 Å². The van der Waals surface area contributed by atoms with Gasteiger partial charge in [-0.2, -0.15) is 0 Å². The number of halogens is 2. The lowest BCUT2D eigenvalue weighted by Gasteiger charge is -2.01. The zero-order chi connectivity index (χ0) is 20.2. The monoisotopic (exact) mass is 375 g/mol. The Bertz CT molecular complexity index is 742. The Hall–Kier alpha value is -2.56. The molecule has 0 spiro atoms. The predicted octanol–water partition coefficient (Wildman–Crippen LogP) is 5.65. The van der Waals surface area contributed by atoms with Crippen LogP contribution in [0.5, 0.6) is 0 Å². The molecule has 0 atom stereocenters. The second kappa shape index (κ2) is 11.9. The van der Waals surface area contributed by atoms with E-state index in [1.807, 2.05) is 0 Å². The van der Waals surface area contributed by atoms with E-state index in [2.05, 4.69) is 0 Å². The fraction of sp³-hybridized carbons (Fsp3) is 0.364. The molecule has 0 aliphatic heterocycles. The normalized spacial score (nSPS) is 10.1. The Morgan fingerprint density at radius 3 is 1.93 bits per heavy atom. The molecule has 2 rings (SSSR count). The van der Waals surface area contributed by atoms with Gasteiger partial charge in [0.25, 0.3) is 0 Å². The summed E-state index contributed by atoms with van der Waals surface area (Å²) in [5, 5.41) is 0. The molecule has 2 N–H and O–H groups in total. The molecule has 0 heterocycles. The number of hydrogen-bond acceptors (Lipinski definition) is 3. The van der Waals surface area contributed by atoms with E-state index in [-0.39, 0.29) is 23.2 Å². The first-order chi connectivity index (χ1) is 12.8. The summed E-state index contributed by atoms with van der Waals surface area (Å²) >= 11 is 0. The fourth-order valence-corrected chi connectivity index (χ4v) is 2.43. The van der Waals surface area contributed by atoms with Crippen molar-refractivity contribution in [2.75, 3.05) is 5.73 Å². The molecule has 0 aliphatic rings. The van der Waals surface area contributed by atoms with Gasteiger partial charge < -0.3 is 10.5 Å². The van der Waals surface area contributed by atoms with Crippen LogP contribution in [0.1, 0.15) is 61.4 Å². The van der Waals surface area contributed by atoms with Gasteiger partial charge in [0.15, 0.2) is 5.78 Å². The molecule has 0 saturated heterocycles. The Kier molecular flexibility index (Phi) is 9.94. The van der Waals surface area contributed by atoms with Gasteiger partial charge in [0.05, 0.1) is 0 Å². The highest BCUT2D eigenvalue weighted by Crippen LogP contribution is 2.11. The molecule has 2 aromatic rings. The molecule has 0 unspecified atom stereocenters. The van der Waals surface area contributed by atoms with E-state index in [1.165, 1.54) is 36.4 Å². The van der Waals surface area contributed by atoms with E-state index in [1.54, 1.807) is 19.9 Å². The third-order valence-electron chi connectivity index (χ3n) is 4.08. The summed E-state index contributed by atoms with van der Waals surface area (Å²) in [6, 6.07) is 9.98. The molecular formula is C22H27F2NO2. The molecule has 3 nitrogen and oxygen atoms in total. The second-order valence-corrected chi connectivity index (χ2v) is 6.55. The lowest BCUT2D eigenvalue weighted by molar-refractivity contribution is -0.117. The summed E-state index contributed by atoms with van der Waals surface area (Å²) in [6.07, 6.45) is 4.79. The van der Waals surface area contributed by atoms with Crippen molar-refractivity contribution in [3.8, 4) is 0 Å². The van der Waals surface area contributed by atoms with Crippen LogP contribution in [0.15, 0.2) is 42.5 Å². The molecule has 0 radical (unpaired) electrons. The summed E-state index contributed by atoms with van der Waals surface area (Å²) in [5.74, 6) is -0.281. The molecular weight excluding hydrogens is 348 g/mol. The third kappa shape index (κ3) is 9.64. The van der Waals surface area contributed by atoms with Crippen LogP contribution in [0, 0.1) is 18.6 Å². The first-order valence-electron chi connectivity index (χ1n) is 9.09. The highest BCUT2D eigenvalue weighted by Gasteiger charge is 2.05. The van der Waals surface area contributed by atoms with Gasteiger partial charge in [0, 0.05) is 24.1 Å². The fourth-order valence-electron chi connectivity index (χ4n) is 2.43. The zero-order valence-electron chi connectivity index (χ0n) is 15.9. The molecule has 0 bridgehead atoms. The molecule has 0 aromatic heterocycles. The van der Waals surface area contributed by atoms with Crippen LogP contribution in [0.25, 0.3) is 0 Å².